The summed E-state index contributed by atoms with van der Waals surface area (Å²) >= 11 is 0. The van der Waals surface area contributed by atoms with Gasteiger partial charge in [-0.15, -0.1) is 0 Å². The first kappa shape index (κ1) is 18.9. The van der Waals surface area contributed by atoms with Crippen molar-refractivity contribution >= 4 is 0 Å². The van der Waals surface area contributed by atoms with Crippen molar-refractivity contribution in [2.75, 3.05) is 53.4 Å². The van der Waals surface area contributed by atoms with Crippen molar-refractivity contribution in [2.45, 2.75) is 58.0 Å². The largest absolute Gasteiger partial charge is 0.329 e. The molecular weight excluding hydrogens is 260 g/mol. The highest BCUT2D eigenvalue weighted by molar-refractivity contribution is 4.96. The Kier molecular flexibility index (Phi) is 8.17. The van der Waals surface area contributed by atoms with Crippen LogP contribution in [0.5, 0.6) is 0 Å². The molecule has 0 radical (unpaired) electrons. The zero-order valence-corrected chi connectivity index (χ0v) is 15.1. The van der Waals surface area contributed by atoms with Gasteiger partial charge in [0.2, 0.25) is 0 Å². The molecule has 1 rings (SSSR count). The van der Waals surface area contributed by atoms with Crippen molar-refractivity contribution in [3.05, 3.63) is 0 Å². The van der Waals surface area contributed by atoms with Crippen LogP contribution in [0.4, 0.5) is 0 Å². The predicted octanol–water partition coefficient (Wildman–Crippen LogP) is 1.85. The zero-order chi connectivity index (χ0) is 15.9. The Bertz CT molecular complexity index is 282. The number of nitrogens with two attached hydrogens (primary N) is 1. The van der Waals surface area contributed by atoms with Gasteiger partial charge in [-0.1, -0.05) is 13.8 Å². The first-order chi connectivity index (χ1) is 9.99. The van der Waals surface area contributed by atoms with E-state index in [0.29, 0.717) is 6.04 Å². The highest BCUT2D eigenvalue weighted by Crippen LogP contribution is 2.30. The van der Waals surface area contributed by atoms with Gasteiger partial charge in [-0.25, -0.2) is 0 Å². The fourth-order valence-electron chi connectivity index (χ4n) is 4.12. The zero-order valence-electron chi connectivity index (χ0n) is 15.1. The number of likely N-dealkylation sites (tertiary alicyclic amines) is 1. The molecule has 0 aromatic heterocycles. The van der Waals surface area contributed by atoms with Gasteiger partial charge in [0.1, 0.15) is 0 Å². The highest BCUT2D eigenvalue weighted by Gasteiger charge is 2.38. The quantitative estimate of drug-likeness (QED) is 0.742. The Morgan fingerprint density at radius 2 is 1.90 bits per heavy atom. The maximum atomic E-state index is 6.30. The van der Waals surface area contributed by atoms with Gasteiger partial charge in [0, 0.05) is 24.7 Å². The average molecular weight is 299 g/mol. The third-order valence-corrected chi connectivity index (χ3v) is 5.04. The maximum absolute atomic E-state index is 6.30. The van der Waals surface area contributed by atoms with E-state index in [1.54, 1.807) is 0 Å². The van der Waals surface area contributed by atoms with Gasteiger partial charge < -0.3 is 15.5 Å². The summed E-state index contributed by atoms with van der Waals surface area (Å²) in [6.07, 6.45) is 5.00. The molecule has 1 fully saturated rings. The van der Waals surface area contributed by atoms with Crippen molar-refractivity contribution in [2.24, 2.45) is 5.73 Å². The second kappa shape index (κ2) is 9.09. The maximum Gasteiger partial charge on any atom is 0.0347 e. The van der Waals surface area contributed by atoms with Gasteiger partial charge in [-0.05, 0) is 72.9 Å². The lowest BCUT2D eigenvalue weighted by Crippen LogP contribution is -2.59. The first-order valence-electron chi connectivity index (χ1n) is 8.83. The molecule has 0 aliphatic carbocycles. The van der Waals surface area contributed by atoms with Crippen LogP contribution >= 0.6 is 0 Å². The molecule has 21 heavy (non-hydrogen) atoms. The van der Waals surface area contributed by atoms with Gasteiger partial charge >= 0.3 is 0 Å². The van der Waals surface area contributed by atoms with Crippen LogP contribution in [0.3, 0.4) is 0 Å². The molecule has 1 aliphatic heterocycles. The van der Waals surface area contributed by atoms with Crippen LogP contribution in [0.1, 0.15) is 46.5 Å². The SMILES string of the molecule is CCCN1CCCC(CN)(N(CC)C(C)CN(C)C)CC1. The molecule has 4 nitrogen and oxygen atoms in total. The third kappa shape index (κ3) is 5.20. The molecule has 0 saturated carbocycles. The van der Waals surface area contributed by atoms with Gasteiger partial charge in [0.05, 0.1) is 0 Å². The Balaban J connectivity index is 2.80. The van der Waals surface area contributed by atoms with E-state index in [1.807, 2.05) is 0 Å². The lowest BCUT2D eigenvalue weighted by atomic mass is 9.87. The molecule has 0 bridgehead atoms. The van der Waals surface area contributed by atoms with Crippen molar-refractivity contribution < 1.29 is 0 Å². The molecule has 1 saturated heterocycles. The minimum absolute atomic E-state index is 0.201. The molecule has 1 heterocycles. The summed E-state index contributed by atoms with van der Waals surface area (Å²) in [4.78, 5) is 7.60. The number of likely N-dealkylation sites (N-methyl/N-ethyl adjacent to an activating group) is 2. The Morgan fingerprint density at radius 3 is 2.43 bits per heavy atom. The van der Waals surface area contributed by atoms with Crippen LogP contribution in [0.25, 0.3) is 0 Å². The smallest absolute Gasteiger partial charge is 0.0347 e. The number of nitrogens with zero attached hydrogens (tertiary/aromatic N) is 3. The monoisotopic (exact) mass is 298 g/mol. The van der Waals surface area contributed by atoms with Gasteiger partial charge in [0.25, 0.3) is 0 Å². The Labute approximate surface area is 132 Å². The van der Waals surface area contributed by atoms with Crippen LogP contribution < -0.4 is 5.73 Å². The van der Waals surface area contributed by atoms with E-state index >= 15 is 0 Å². The molecule has 0 aromatic rings. The number of hydrogen-bond acceptors (Lipinski definition) is 4. The summed E-state index contributed by atoms with van der Waals surface area (Å²) in [5.74, 6) is 0. The second-order valence-electron chi connectivity index (χ2n) is 7.02. The number of hydrogen-bond donors (Lipinski definition) is 1. The molecule has 0 amide bonds. The predicted molar refractivity (Wildman–Crippen MR) is 92.8 cm³/mol. The summed E-state index contributed by atoms with van der Waals surface area (Å²) in [6.45, 7) is 13.6. The Morgan fingerprint density at radius 1 is 1.19 bits per heavy atom. The minimum atomic E-state index is 0.201. The molecule has 2 N–H and O–H groups in total. The second-order valence-corrected chi connectivity index (χ2v) is 7.02. The van der Waals surface area contributed by atoms with E-state index in [1.165, 1.54) is 45.3 Å². The van der Waals surface area contributed by atoms with Crippen LogP contribution in [-0.4, -0.2) is 79.6 Å². The summed E-state index contributed by atoms with van der Waals surface area (Å²) < 4.78 is 0. The molecular formula is C17H38N4. The summed E-state index contributed by atoms with van der Waals surface area (Å²) in [7, 11) is 4.32. The van der Waals surface area contributed by atoms with Gasteiger partial charge in [-0.2, -0.15) is 0 Å². The first-order valence-corrected chi connectivity index (χ1v) is 8.83. The van der Waals surface area contributed by atoms with Crippen molar-refractivity contribution in [3.63, 3.8) is 0 Å². The fourth-order valence-corrected chi connectivity index (χ4v) is 4.12. The van der Waals surface area contributed by atoms with Gasteiger partial charge in [-0.3, -0.25) is 4.90 Å². The van der Waals surface area contributed by atoms with E-state index < -0.39 is 0 Å². The molecule has 0 spiro atoms. The topological polar surface area (TPSA) is 35.7 Å². The third-order valence-electron chi connectivity index (χ3n) is 5.04. The Hall–Kier alpha value is -0.160. The highest BCUT2D eigenvalue weighted by atomic mass is 15.3. The normalized spacial score (nSPS) is 26.3. The van der Waals surface area contributed by atoms with E-state index in [-0.39, 0.29) is 5.54 Å². The van der Waals surface area contributed by atoms with Crippen LogP contribution in [0, 0.1) is 0 Å². The van der Waals surface area contributed by atoms with Crippen molar-refractivity contribution in [1.82, 2.24) is 14.7 Å². The molecule has 1 aliphatic rings. The fraction of sp³-hybridized carbons (Fsp3) is 1.00. The van der Waals surface area contributed by atoms with Crippen molar-refractivity contribution in [3.8, 4) is 0 Å². The van der Waals surface area contributed by atoms with Crippen LogP contribution in [0.2, 0.25) is 0 Å². The molecule has 0 aromatic carbocycles. The summed E-state index contributed by atoms with van der Waals surface area (Å²) in [5.41, 5.74) is 6.50. The minimum Gasteiger partial charge on any atom is -0.329 e. The lowest BCUT2D eigenvalue weighted by Gasteiger charge is -2.46. The molecule has 2 unspecified atom stereocenters. The molecule has 126 valence electrons. The summed E-state index contributed by atoms with van der Waals surface area (Å²) in [5, 5.41) is 0. The van der Waals surface area contributed by atoms with E-state index in [0.717, 1.165) is 19.6 Å². The van der Waals surface area contributed by atoms with Gasteiger partial charge in [0.15, 0.2) is 0 Å². The van der Waals surface area contributed by atoms with E-state index in [2.05, 4.69) is 49.6 Å². The van der Waals surface area contributed by atoms with Crippen LogP contribution in [-0.2, 0) is 0 Å². The molecule has 2 atom stereocenters. The van der Waals surface area contributed by atoms with E-state index in [9.17, 15) is 0 Å². The standard InChI is InChI=1S/C17H38N4/c1-6-11-20-12-8-9-17(15-18,10-13-20)21(7-2)16(3)14-19(4)5/h16H,6-15,18H2,1-5H3. The molecule has 4 heteroatoms. The average Bonchev–Trinajstić information content (AvgIpc) is 2.63. The van der Waals surface area contributed by atoms with E-state index in [4.69, 9.17) is 5.73 Å². The number of rotatable bonds is 8. The summed E-state index contributed by atoms with van der Waals surface area (Å²) in [6, 6.07) is 0.561. The van der Waals surface area contributed by atoms with Crippen LogP contribution in [0.15, 0.2) is 0 Å². The lowest BCUT2D eigenvalue weighted by molar-refractivity contribution is 0.0366. The van der Waals surface area contributed by atoms with Crippen molar-refractivity contribution in [1.29, 1.82) is 0 Å².